The number of rotatable bonds is 6. The second-order valence-electron chi connectivity index (χ2n) is 6.92. The van der Waals surface area contributed by atoms with Crippen molar-refractivity contribution < 1.29 is 4.79 Å². The molecule has 2 aromatic rings. The molecule has 2 atom stereocenters. The normalized spacial score (nSPS) is 18.8. The molecule has 3 rings (SSSR count). The van der Waals surface area contributed by atoms with Crippen molar-refractivity contribution in [3.05, 3.63) is 53.9 Å². The van der Waals surface area contributed by atoms with Crippen LogP contribution in [0, 0.1) is 5.92 Å². The van der Waals surface area contributed by atoms with Gasteiger partial charge in [0.1, 0.15) is 0 Å². The third kappa shape index (κ3) is 3.86. The molecular formula is C20H27N3O. The van der Waals surface area contributed by atoms with Crippen molar-refractivity contribution in [3.63, 3.8) is 0 Å². The van der Waals surface area contributed by atoms with Crippen LogP contribution >= 0.6 is 0 Å². The topological polar surface area (TPSA) is 38.1 Å². The molecule has 1 aromatic heterocycles. The Balaban J connectivity index is 1.64. The quantitative estimate of drug-likeness (QED) is 0.816. The van der Waals surface area contributed by atoms with E-state index in [4.69, 9.17) is 0 Å². The summed E-state index contributed by atoms with van der Waals surface area (Å²) in [5, 5.41) is 4.24. The summed E-state index contributed by atoms with van der Waals surface area (Å²) in [5.74, 6) is 0.862. The van der Waals surface area contributed by atoms with Crippen molar-refractivity contribution in [2.45, 2.75) is 38.5 Å². The predicted molar refractivity (Wildman–Crippen MR) is 95.7 cm³/mol. The zero-order chi connectivity index (χ0) is 16.9. The lowest BCUT2D eigenvalue weighted by molar-refractivity contribution is -0.132. The minimum atomic E-state index is 0.00772. The molecule has 1 fully saturated rings. The first-order valence-corrected chi connectivity index (χ1v) is 8.98. The first kappa shape index (κ1) is 16.7. The summed E-state index contributed by atoms with van der Waals surface area (Å²) in [6.45, 7) is 3.91. The minimum Gasteiger partial charge on any atom is -0.342 e. The molecule has 1 amide bonds. The molecule has 24 heavy (non-hydrogen) atoms. The summed E-state index contributed by atoms with van der Waals surface area (Å²) in [5.41, 5.74) is 2.42. The smallest absolute Gasteiger partial charge is 0.230 e. The van der Waals surface area contributed by atoms with Crippen LogP contribution in [0.15, 0.2) is 42.7 Å². The number of hydrogen-bond acceptors (Lipinski definition) is 2. The lowest BCUT2D eigenvalue weighted by atomic mass is 9.93. The molecule has 0 saturated carbocycles. The van der Waals surface area contributed by atoms with Crippen LogP contribution in [0.3, 0.4) is 0 Å². The molecule has 128 valence electrons. The van der Waals surface area contributed by atoms with Gasteiger partial charge in [0.25, 0.3) is 0 Å². The van der Waals surface area contributed by atoms with Gasteiger partial charge < -0.3 is 4.90 Å². The van der Waals surface area contributed by atoms with Crippen LogP contribution in [0.1, 0.15) is 43.2 Å². The molecule has 4 heteroatoms. The average Bonchev–Trinajstić information content (AvgIpc) is 3.22. The number of benzene rings is 1. The van der Waals surface area contributed by atoms with Gasteiger partial charge in [-0.05, 0) is 36.3 Å². The van der Waals surface area contributed by atoms with Gasteiger partial charge in [-0.15, -0.1) is 0 Å². The van der Waals surface area contributed by atoms with E-state index in [1.54, 1.807) is 0 Å². The van der Waals surface area contributed by atoms with Crippen LogP contribution < -0.4 is 0 Å². The molecule has 0 bridgehead atoms. The van der Waals surface area contributed by atoms with E-state index in [1.165, 1.54) is 5.56 Å². The predicted octanol–water partition coefficient (Wildman–Crippen LogP) is 3.40. The first-order chi connectivity index (χ1) is 11.7. The standard InChI is InChI=1S/C20H27N3O/c1-3-7-19(18-8-5-4-6-9-18)20(24)23-11-10-16(15-23)12-17-13-21-22(2)14-17/h4-6,8-9,13-14,16,19H,3,7,10-12,15H2,1-2H3. The maximum absolute atomic E-state index is 13.0. The Morgan fingerprint density at radius 1 is 1.33 bits per heavy atom. The minimum absolute atomic E-state index is 0.00772. The van der Waals surface area contributed by atoms with Crippen molar-refractivity contribution in [1.29, 1.82) is 0 Å². The molecular weight excluding hydrogens is 298 g/mol. The van der Waals surface area contributed by atoms with Crippen LogP contribution in [0.2, 0.25) is 0 Å². The highest BCUT2D eigenvalue weighted by Crippen LogP contribution is 2.28. The number of carbonyl (C=O) groups excluding carboxylic acids is 1. The fourth-order valence-corrected chi connectivity index (χ4v) is 3.74. The maximum atomic E-state index is 13.0. The Hall–Kier alpha value is -2.10. The van der Waals surface area contributed by atoms with Crippen LogP contribution in [0.5, 0.6) is 0 Å². The lowest BCUT2D eigenvalue weighted by Gasteiger charge is -2.24. The van der Waals surface area contributed by atoms with E-state index in [0.717, 1.165) is 44.3 Å². The van der Waals surface area contributed by atoms with Crippen LogP contribution in [0.25, 0.3) is 0 Å². The van der Waals surface area contributed by atoms with Gasteiger partial charge in [-0.2, -0.15) is 5.10 Å². The van der Waals surface area contributed by atoms with E-state index >= 15 is 0 Å². The number of carbonyl (C=O) groups is 1. The van der Waals surface area contributed by atoms with Gasteiger partial charge in [0.15, 0.2) is 0 Å². The highest BCUT2D eigenvalue weighted by molar-refractivity contribution is 5.84. The molecule has 2 unspecified atom stereocenters. The van der Waals surface area contributed by atoms with Crippen LogP contribution in [0.4, 0.5) is 0 Å². The number of aromatic nitrogens is 2. The fourth-order valence-electron chi connectivity index (χ4n) is 3.74. The van der Waals surface area contributed by atoms with Crippen molar-refractivity contribution >= 4 is 5.91 Å². The van der Waals surface area contributed by atoms with Crippen molar-refractivity contribution in [2.24, 2.45) is 13.0 Å². The molecule has 0 spiro atoms. The largest absolute Gasteiger partial charge is 0.342 e. The fraction of sp³-hybridized carbons (Fsp3) is 0.500. The summed E-state index contributed by atoms with van der Waals surface area (Å²) in [4.78, 5) is 15.1. The molecule has 1 aliphatic rings. The van der Waals surface area contributed by atoms with Gasteiger partial charge in [-0.3, -0.25) is 9.48 Å². The highest BCUT2D eigenvalue weighted by Gasteiger charge is 2.31. The summed E-state index contributed by atoms with van der Waals surface area (Å²) >= 11 is 0. The Morgan fingerprint density at radius 3 is 2.79 bits per heavy atom. The highest BCUT2D eigenvalue weighted by atomic mass is 16.2. The van der Waals surface area contributed by atoms with E-state index in [0.29, 0.717) is 11.8 Å². The SMILES string of the molecule is CCCC(C(=O)N1CCC(Cc2cnn(C)c2)C1)c1ccccc1. The van der Waals surface area contributed by atoms with Crippen molar-refractivity contribution in [2.75, 3.05) is 13.1 Å². The van der Waals surface area contributed by atoms with Crippen molar-refractivity contribution in [3.8, 4) is 0 Å². The molecule has 2 heterocycles. The summed E-state index contributed by atoms with van der Waals surface area (Å²) in [6, 6.07) is 10.2. The molecule has 0 radical (unpaired) electrons. The second-order valence-corrected chi connectivity index (χ2v) is 6.92. The Morgan fingerprint density at radius 2 is 2.12 bits per heavy atom. The van der Waals surface area contributed by atoms with Gasteiger partial charge in [0, 0.05) is 26.3 Å². The third-order valence-corrected chi connectivity index (χ3v) is 4.96. The van der Waals surface area contributed by atoms with E-state index in [1.807, 2.05) is 36.1 Å². The molecule has 1 saturated heterocycles. The zero-order valence-corrected chi connectivity index (χ0v) is 14.7. The maximum Gasteiger partial charge on any atom is 0.230 e. The second kappa shape index (κ2) is 7.65. The Kier molecular flexibility index (Phi) is 5.34. The molecule has 0 N–H and O–H groups in total. The van der Waals surface area contributed by atoms with Crippen LogP contribution in [-0.2, 0) is 18.3 Å². The Labute approximate surface area is 144 Å². The Bertz CT molecular complexity index is 665. The zero-order valence-electron chi connectivity index (χ0n) is 14.7. The van der Waals surface area contributed by atoms with Crippen molar-refractivity contribution in [1.82, 2.24) is 14.7 Å². The molecule has 0 aliphatic carbocycles. The first-order valence-electron chi connectivity index (χ1n) is 8.98. The van der Waals surface area contributed by atoms with E-state index in [9.17, 15) is 4.79 Å². The molecule has 1 aliphatic heterocycles. The van der Waals surface area contributed by atoms with E-state index < -0.39 is 0 Å². The monoisotopic (exact) mass is 325 g/mol. The van der Waals surface area contributed by atoms with E-state index in [-0.39, 0.29) is 5.92 Å². The van der Waals surface area contributed by atoms with Gasteiger partial charge in [-0.1, -0.05) is 43.7 Å². The van der Waals surface area contributed by atoms with Gasteiger partial charge in [0.2, 0.25) is 5.91 Å². The summed E-state index contributed by atoms with van der Waals surface area (Å²) < 4.78 is 1.85. The number of likely N-dealkylation sites (tertiary alicyclic amines) is 1. The van der Waals surface area contributed by atoms with E-state index in [2.05, 4.69) is 35.3 Å². The third-order valence-electron chi connectivity index (χ3n) is 4.96. The molecule has 1 aromatic carbocycles. The van der Waals surface area contributed by atoms with Gasteiger partial charge in [-0.25, -0.2) is 0 Å². The summed E-state index contributed by atoms with van der Waals surface area (Å²) in [7, 11) is 1.95. The average molecular weight is 325 g/mol. The lowest BCUT2D eigenvalue weighted by Crippen LogP contribution is -2.33. The number of hydrogen-bond donors (Lipinski definition) is 0. The number of aryl methyl sites for hydroxylation is 1. The van der Waals surface area contributed by atoms with Gasteiger partial charge in [0.05, 0.1) is 12.1 Å². The van der Waals surface area contributed by atoms with Gasteiger partial charge >= 0.3 is 0 Å². The molecule has 4 nitrogen and oxygen atoms in total. The summed E-state index contributed by atoms with van der Waals surface area (Å²) in [6.07, 6.45) is 8.07. The number of amides is 1. The van der Waals surface area contributed by atoms with Crippen LogP contribution in [-0.4, -0.2) is 33.7 Å². The number of nitrogens with zero attached hydrogens (tertiary/aromatic N) is 3.